The fourth-order valence-electron chi connectivity index (χ4n) is 2.84. The predicted octanol–water partition coefficient (Wildman–Crippen LogP) is 3.03. The monoisotopic (exact) mass is 379 g/mol. The molecular formula is C17H18ClN3O3S. The average molecular weight is 380 g/mol. The number of fused-ring (bicyclic) bond motifs is 1. The molecule has 1 aromatic heterocycles. The third-order valence-electron chi connectivity index (χ3n) is 4.13. The summed E-state index contributed by atoms with van der Waals surface area (Å²) in [6.45, 7) is 2.33. The summed E-state index contributed by atoms with van der Waals surface area (Å²) in [5, 5.41) is 3.32. The first kappa shape index (κ1) is 17.7. The number of amides is 1. The van der Waals surface area contributed by atoms with Gasteiger partial charge in [-0.1, -0.05) is 24.6 Å². The molecule has 0 spiro atoms. The van der Waals surface area contributed by atoms with Gasteiger partial charge in [-0.3, -0.25) is 4.79 Å². The molecule has 1 aromatic carbocycles. The molecule has 25 heavy (non-hydrogen) atoms. The summed E-state index contributed by atoms with van der Waals surface area (Å²) in [6, 6.07) is 6.75. The van der Waals surface area contributed by atoms with Crippen molar-refractivity contribution in [1.82, 2.24) is 9.88 Å². The molecular weight excluding hydrogens is 362 g/mol. The van der Waals surface area contributed by atoms with E-state index < -0.39 is 9.84 Å². The Hall–Kier alpha value is -2.12. The summed E-state index contributed by atoms with van der Waals surface area (Å²) >= 11 is 6.07. The molecule has 2 aromatic rings. The Kier molecular flexibility index (Phi) is 4.47. The second-order valence-electron chi connectivity index (χ2n) is 6.06. The quantitative estimate of drug-likeness (QED) is 0.826. The van der Waals surface area contributed by atoms with E-state index >= 15 is 0 Å². The lowest BCUT2D eigenvalue weighted by molar-refractivity contribution is 0.0817. The number of rotatable bonds is 4. The standard InChI is InChI=1S/C17H18ClN3O3S/c1-4-10-5-6-11(14(7-10)25(3,23)24)19-12-8-15(18)20-13-9-21(2)17(22)16(12)13/h5-8H,4,9H2,1-3H3,(H,19,20). The fraction of sp³-hybridized carbons (Fsp3) is 0.294. The molecule has 0 saturated heterocycles. The number of sulfone groups is 1. The van der Waals surface area contributed by atoms with Crippen molar-refractivity contribution in [3.8, 4) is 0 Å². The minimum absolute atomic E-state index is 0.173. The number of carbonyl (C=O) groups excluding carboxylic acids is 1. The summed E-state index contributed by atoms with van der Waals surface area (Å²) in [5.41, 5.74) is 2.78. The number of carbonyl (C=O) groups is 1. The van der Waals surface area contributed by atoms with Crippen LogP contribution in [0.3, 0.4) is 0 Å². The van der Waals surface area contributed by atoms with Gasteiger partial charge in [-0.15, -0.1) is 0 Å². The van der Waals surface area contributed by atoms with Crippen LogP contribution in [0.2, 0.25) is 5.15 Å². The molecule has 8 heteroatoms. The fourth-order valence-corrected chi connectivity index (χ4v) is 3.94. The highest BCUT2D eigenvalue weighted by Crippen LogP contribution is 2.34. The predicted molar refractivity (Wildman–Crippen MR) is 97.3 cm³/mol. The second-order valence-corrected chi connectivity index (χ2v) is 8.43. The van der Waals surface area contributed by atoms with E-state index in [0.717, 1.165) is 18.2 Å². The maximum Gasteiger partial charge on any atom is 0.257 e. The lowest BCUT2D eigenvalue weighted by Gasteiger charge is -2.15. The number of anilines is 2. The summed E-state index contributed by atoms with van der Waals surface area (Å²) in [5.74, 6) is -0.173. The van der Waals surface area contributed by atoms with Gasteiger partial charge in [0.15, 0.2) is 9.84 Å². The van der Waals surface area contributed by atoms with E-state index in [1.54, 1.807) is 19.2 Å². The maximum absolute atomic E-state index is 12.4. The van der Waals surface area contributed by atoms with E-state index in [-0.39, 0.29) is 16.0 Å². The minimum atomic E-state index is -3.44. The van der Waals surface area contributed by atoms with Crippen molar-refractivity contribution in [2.75, 3.05) is 18.6 Å². The van der Waals surface area contributed by atoms with Crippen LogP contribution < -0.4 is 5.32 Å². The molecule has 6 nitrogen and oxygen atoms in total. The van der Waals surface area contributed by atoms with Crippen molar-refractivity contribution in [3.63, 3.8) is 0 Å². The van der Waals surface area contributed by atoms with E-state index in [1.807, 2.05) is 13.0 Å². The molecule has 132 valence electrons. The molecule has 1 aliphatic heterocycles. The van der Waals surface area contributed by atoms with Gasteiger partial charge in [0.05, 0.1) is 34.1 Å². The van der Waals surface area contributed by atoms with Crippen LogP contribution in [-0.4, -0.2) is 37.5 Å². The van der Waals surface area contributed by atoms with Crippen molar-refractivity contribution in [2.45, 2.75) is 24.8 Å². The Morgan fingerprint density at radius 2 is 2.00 bits per heavy atom. The normalized spacial score (nSPS) is 13.9. The topological polar surface area (TPSA) is 79.4 Å². The first-order valence-electron chi connectivity index (χ1n) is 7.75. The first-order valence-corrected chi connectivity index (χ1v) is 10.0. The second kappa shape index (κ2) is 6.31. The highest BCUT2D eigenvalue weighted by Gasteiger charge is 2.30. The van der Waals surface area contributed by atoms with Crippen LogP contribution in [-0.2, 0) is 22.8 Å². The highest BCUT2D eigenvalue weighted by atomic mass is 35.5. The van der Waals surface area contributed by atoms with E-state index in [2.05, 4.69) is 10.3 Å². The SMILES string of the molecule is CCc1ccc(Nc2cc(Cl)nc3c2C(=O)N(C)C3)c(S(C)(=O)=O)c1. The zero-order chi connectivity index (χ0) is 18.4. The number of benzene rings is 1. The van der Waals surface area contributed by atoms with E-state index in [4.69, 9.17) is 11.6 Å². The van der Waals surface area contributed by atoms with Gasteiger partial charge in [0, 0.05) is 13.3 Å². The Bertz CT molecular complexity index is 973. The van der Waals surface area contributed by atoms with Gasteiger partial charge >= 0.3 is 0 Å². The lowest BCUT2D eigenvalue weighted by Crippen LogP contribution is -2.18. The summed E-state index contributed by atoms with van der Waals surface area (Å²) < 4.78 is 24.4. The largest absolute Gasteiger partial charge is 0.354 e. The number of aryl methyl sites for hydroxylation is 1. The third kappa shape index (κ3) is 3.34. The molecule has 0 saturated carbocycles. The Labute approximate surface area is 151 Å². The molecule has 1 N–H and O–H groups in total. The Balaban J connectivity index is 2.13. The average Bonchev–Trinajstić information content (AvgIpc) is 2.81. The van der Waals surface area contributed by atoms with E-state index in [0.29, 0.717) is 29.2 Å². The van der Waals surface area contributed by atoms with Crippen molar-refractivity contribution >= 4 is 38.7 Å². The first-order chi connectivity index (χ1) is 11.7. The molecule has 1 aliphatic rings. The van der Waals surface area contributed by atoms with E-state index in [9.17, 15) is 13.2 Å². The van der Waals surface area contributed by atoms with Crippen LogP contribution in [0, 0.1) is 0 Å². The molecule has 0 unspecified atom stereocenters. The molecule has 2 heterocycles. The molecule has 0 aliphatic carbocycles. The molecule has 0 bridgehead atoms. The number of halogens is 1. The van der Waals surface area contributed by atoms with Gasteiger partial charge in [-0.25, -0.2) is 13.4 Å². The summed E-state index contributed by atoms with van der Waals surface area (Å²) in [4.78, 5) is 18.3. The highest BCUT2D eigenvalue weighted by molar-refractivity contribution is 7.90. The summed E-state index contributed by atoms with van der Waals surface area (Å²) in [6.07, 6.45) is 1.89. The maximum atomic E-state index is 12.4. The smallest absolute Gasteiger partial charge is 0.257 e. The van der Waals surface area contributed by atoms with Gasteiger partial charge in [0.2, 0.25) is 0 Å². The van der Waals surface area contributed by atoms with Gasteiger partial charge in [-0.05, 0) is 30.2 Å². The number of pyridine rings is 1. The van der Waals surface area contributed by atoms with Crippen molar-refractivity contribution < 1.29 is 13.2 Å². The number of aromatic nitrogens is 1. The number of nitrogens with one attached hydrogen (secondary N) is 1. The molecule has 1 amide bonds. The van der Waals surface area contributed by atoms with Crippen molar-refractivity contribution in [3.05, 3.63) is 46.2 Å². The van der Waals surface area contributed by atoms with Gasteiger partial charge < -0.3 is 10.2 Å². The van der Waals surface area contributed by atoms with Crippen LogP contribution >= 0.6 is 11.6 Å². The molecule has 3 rings (SSSR count). The van der Waals surface area contributed by atoms with Gasteiger partial charge in [0.25, 0.3) is 5.91 Å². The zero-order valence-electron chi connectivity index (χ0n) is 14.1. The van der Waals surface area contributed by atoms with E-state index in [1.165, 1.54) is 11.0 Å². The van der Waals surface area contributed by atoms with Crippen LogP contribution in [0.4, 0.5) is 11.4 Å². The number of nitrogens with zero attached hydrogens (tertiary/aromatic N) is 2. The summed E-state index contributed by atoms with van der Waals surface area (Å²) in [7, 11) is -1.76. The molecule has 0 radical (unpaired) electrons. The Morgan fingerprint density at radius 1 is 1.28 bits per heavy atom. The van der Waals surface area contributed by atoms with Crippen molar-refractivity contribution in [1.29, 1.82) is 0 Å². The Morgan fingerprint density at radius 3 is 2.64 bits per heavy atom. The minimum Gasteiger partial charge on any atom is -0.354 e. The zero-order valence-corrected chi connectivity index (χ0v) is 15.7. The van der Waals surface area contributed by atoms with Crippen molar-refractivity contribution in [2.24, 2.45) is 0 Å². The van der Waals surface area contributed by atoms with Crippen LogP contribution in [0.15, 0.2) is 29.2 Å². The van der Waals surface area contributed by atoms with Gasteiger partial charge in [-0.2, -0.15) is 0 Å². The van der Waals surface area contributed by atoms with Crippen LogP contribution in [0.25, 0.3) is 0 Å². The lowest BCUT2D eigenvalue weighted by atomic mass is 10.1. The molecule has 0 fully saturated rings. The van der Waals surface area contributed by atoms with Crippen LogP contribution in [0.1, 0.15) is 28.5 Å². The number of hydrogen-bond donors (Lipinski definition) is 1. The van der Waals surface area contributed by atoms with Crippen LogP contribution in [0.5, 0.6) is 0 Å². The van der Waals surface area contributed by atoms with Gasteiger partial charge in [0.1, 0.15) is 5.15 Å². The third-order valence-corrected chi connectivity index (χ3v) is 5.46. The number of hydrogen-bond acceptors (Lipinski definition) is 5. The molecule has 0 atom stereocenters.